The Kier molecular flexibility index (Phi) is 6.35. The van der Waals surface area contributed by atoms with Crippen molar-refractivity contribution in [1.29, 1.82) is 0 Å². The van der Waals surface area contributed by atoms with Gasteiger partial charge >= 0.3 is 0 Å². The lowest BCUT2D eigenvalue weighted by molar-refractivity contribution is 0.102. The van der Waals surface area contributed by atoms with E-state index in [0.717, 1.165) is 16.9 Å². The number of aryl methyl sites for hydroxylation is 1. The molecule has 0 aliphatic heterocycles. The Hall–Kier alpha value is -4.20. The first kappa shape index (κ1) is 22.0. The van der Waals surface area contributed by atoms with Crippen LogP contribution in [-0.2, 0) is 6.61 Å². The lowest BCUT2D eigenvalue weighted by atomic mass is 10.2. The van der Waals surface area contributed by atoms with Crippen molar-refractivity contribution in [1.82, 2.24) is 9.38 Å². The molecule has 0 aliphatic carbocycles. The van der Waals surface area contributed by atoms with Crippen LogP contribution in [0.15, 0.2) is 60.9 Å². The van der Waals surface area contributed by atoms with E-state index in [1.54, 1.807) is 36.4 Å². The number of imidazole rings is 1. The highest BCUT2D eigenvalue weighted by Gasteiger charge is 2.15. The van der Waals surface area contributed by atoms with Gasteiger partial charge in [0.2, 0.25) is 5.75 Å². The summed E-state index contributed by atoms with van der Waals surface area (Å²) in [7, 11) is 4.57. The van der Waals surface area contributed by atoms with Crippen LogP contribution in [0.1, 0.15) is 21.6 Å². The number of anilines is 1. The van der Waals surface area contributed by atoms with Crippen molar-refractivity contribution in [3.8, 4) is 23.0 Å². The summed E-state index contributed by atoms with van der Waals surface area (Å²) in [5.41, 5.74) is 3.85. The van der Waals surface area contributed by atoms with Gasteiger partial charge in [-0.3, -0.25) is 4.79 Å². The summed E-state index contributed by atoms with van der Waals surface area (Å²) >= 11 is 0. The average molecular weight is 447 g/mol. The maximum absolute atomic E-state index is 12.7. The molecule has 0 spiro atoms. The zero-order valence-electron chi connectivity index (χ0n) is 18.9. The van der Waals surface area contributed by atoms with E-state index in [9.17, 15) is 4.79 Å². The molecule has 0 radical (unpaired) electrons. The van der Waals surface area contributed by atoms with E-state index in [1.165, 1.54) is 21.3 Å². The highest BCUT2D eigenvalue weighted by atomic mass is 16.5. The molecule has 170 valence electrons. The number of nitrogens with zero attached hydrogens (tertiary/aromatic N) is 2. The molecule has 0 saturated heterocycles. The van der Waals surface area contributed by atoms with E-state index in [4.69, 9.17) is 18.9 Å². The summed E-state index contributed by atoms with van der Waals surface area (Å²) in [6.07, 6.45) is 3.90. The number of rotatable bonds is 8. The SMILES string of the molecule is COc1cc(NC(=O)c2ccc(OCc3cn4cccc(C)c4n3)cc2)cc(OC)c1OC. The van der Waals surface area contributed by atoms with E-state index >= 15 is 0 Å². The maximum Gasteiger partial charge on any atom is 0.255 e. The molecule has 1 amide bonds. The number of aromatic nitrogens is 2. The van der Waals surface area contributed by atoms with E-state index < -0.39 is 0 Å². The summed E-state index contributed by atoms with van der Waals surface area (Å²) in [6.45, 7) is 2.35. The fourth-order valence-corrected chi connectivity index (χ4v) is 3.49. The third kappa shape index (κ3) is 4.69. The van der Waals surface area contributed by atoms with Crippen molar-refractivity contribution >= 4 is 17.2 Å². The summed E-state index contributed by atoms with van der Waals surface area (Å²) in [5.74, 6) is 1.75. The Bertz CT molecular complexity index is 1260. The van der Waals surface area contributed by atoms with Crippen LogP contribution in [-0.4, -0.2) is 36.6 Å². The first-order valence-corrected chi connectivity index (χ1v) is 10.3. The van der Waals surface area contributed by atoms with E-state index in [-0.39, 0.29) is 5.91 Å². The number of benzene rings is 2. The first-order chi connectivity index (χ1) is 16.0. The lowest BCUT2D eigenvalue weighted by Crippen LogP contribution is -2.12. The third-order valence-electron chi connectivity index (χ3n) is 5.15. The number of fused-ring (bicyclic) bond motifs is 1. The van der Waals surface area contributed by atoms with E-state index in [0.29, 0.717) is 40.9 Å². The van der Waals surface area contributed by atoms with Gasteiger partial charge in [-0.1, -0.05) is 6.07 Å². The molecule has 2 aromatic carbocycles. The van der Waals surface area contributed by atoms with Crippen molar-refractivity contribution in [2.45, 2.75) is 13.5 Å². The van der Waals surface area contributed by atoms with Gasteiger partial charge in [0.1, 0.15) is 18.0 Å². The molecule has 8 heteroatoms. The van der Waals surface area contributed by atoms with Crippen LogP contribution in [0.5, 0.6) is 23.0 Å². The monoisotopic (exact) mass is 447 g/mol. The smallest absolute Gasteiger partial charge is 0.255 e. The molecular weight excluding hydrogens is 422 g/mol. The van der Waals surface area contributed by atoms with Gasteiger partial charge in [0.25, 0.3) is 5.91 Å². The zero-order valence-corrected chi connectivity index (χ0v) is 18.9. The molecule has 0 fully saturated rings. The Morgan fingerprint density at radius 1 is 1.00 bits per heavy atom. The highest BCUT2D eigenvalue weighted by Crippen LogP contribution is 2.40. The molecule has 4 aromatic rings. The minimum absolute atomic E-state index is 0.272. The summed E-state index contributed by atoms with van der Waals surface area (Å²) in [5, 5.41) is 2.85. The summed E-state index contributed by atoms with van der Waals surface area (Å²) < 4.78 is 23.8. The summed E-state index contributed by atoms with van der Waals surface area (Å²) in [4.78, 5) is 17.3. The third-order valence-corrected chi connectivity index (χ3v) is 5.15. The van der Waals surface area contributed by atoms with Crippen molar-refractivity contribution in [2.24, 2.45) is 0 Å². The Morgan fingerprint density at radius 3 is 2.30 bits per heavy atom. The number of methoxy groups -OCH3 is 3. The van der Waals surface area contributed by atoms with E-state index in [1.807, 2.05) is 35.9 Å². The number of ether oxygens (including phenoxy) is 4. The highest BCUT2D eigenvalue weighted by molar-refractivity contribution is 6.04. The molecule has 8 nitrogen and oxygen atoms in total. The quantitative estimate of drug-likeness (QED) is 0.428. The number of hydrogen-bond donors (Lipinski definition) is 1. The van der Waals surface area contributed by atoms with Crippen molar-refractivity contribution in [2.75, 3.05) is 26.6 Å². The maximum atomic E-state index is 12.7. The normalized spacial score (nSPS) is 10.7. The molecule has 0 saturated carbocycles. The molecule has 0 aliphatic rings. The molecule has 1 N–H and O–H groups in total. The molecule has 0 atom stereocenters. The van der Waals surface area contributed by atoms with Crippen molar-refractivity contribution in [3.05, 3.63) is 77.7 Å². The van der Waals surface area contributed by atoms with Gasteiger partial charge < -0.3 is 28.7 Å². The number of carbonyl (C=O) groups is 1. The topological polar surface area (TPSA) is 83.3 Å². The average Bonchev–Trinajstić information content (AvgIpc) is 3.27. The number of carbonyl (C=O) groups excluding carboxylic acids is 1. The van der Waals surface area contributed by atoms with Gasteiger partial charge in [0.05, 0.1) is 27.0 Å². The van der Waals surface area contributed by atoms with Crippen LogP contribution in [0.2, 0.25) is 0 Å². The number of pyridine rings is 1. The predicted octanol–water partition coefficient (Wildman–Crippen LogP) is 4.50. The van der Waals surface area contributed by atoms with Crippen LogP contribution in [0.3, 0.4) is 0 Å². The van der Waals surface area contributed by atoms with Crippen LogP contribution in [0.25, 0.3) is 5.65 Å². The molecule has 2 aromatic heterocycles. The van der Waals surface area contributed by atoms with Crippen molar-refractivity contribution in [3.63, 3.8) is 0 Å². The van der Waals surface area contributed by atoms with E-state index in [2.05, 4.69) is 10.3 Å². The van der Waals surface area contributed by atoms with Gasteiger partial charge in [-0.15, -0.1) is 0 Å². The van der Waals surface area contributed by atoms with Crippen LogP contribution in [0, 0.1) is 6.92 Å². The van der Waals surface area contributed by atoms with Crippen molar-refractivity contribution < 1.29 is 23.7 Å². The van der Waals surface area contributed by atoms with Crippen LogP contribution >= 0.6 is 0 Å². The standard InChI is InChI=1S/C25H25N3O5/c1-16-6-5-11-28-14-19(26-24(16)28)15-33-20-9-7-17(8-10-20)25(29)27-18-12-21(30-2)23(32-4)22(13-18)31-3/h5-14H,15H2,1-4H3,(H,27,29). The van der Waals surface area contributed by atoms with Crippen LogP contribution < -0.4 is 24.3 Å². The van der Waals surface area contributed by atoms with Gasteiger partial charge in [-0.2, -0.15) is 0 Å². The second-order valence-electron chi connectivity index (χ2n) is 7.34. The zero-order chi connectivity index (χ0) is 23.4. The Labute approximate surface area is 191 Å². The van der Waals surface area contributed by atoms with Gasteiger partial charge in [0, 0.05) is 35.8 Å². The van der Waals surface area contributed by atoms with Gasteiger partial charge in [0.15, 0.2) is 11.5 Å². The number of hydrogen-bond acceptors (Lipinski definition) is 6. The van der Waals surface area contributed by atoms with Crippen LogP contribution in [0.4, 0.5) is 5.69 Å². The molecule has 0 unspecified atom stereocenters. The second kappa shape index (κ2) is 9.52. The fraction of sp³-hybridized carbons (Fsp3) is 0.200. The molecular formula is C25H25N3O5. The first-order valence-electron chi connectivity index (χ1n) is 10.3. The molecule has 4 rings (SSSR count). The number of amides is 1. The largest absolute Gasteiger partial charge is 0.493 e. The minimum Gasteiger partial charge on any atom is -0.493 e. The minimum atomic E-state index is -0.272. The molecule has 2 heterocycles. The molecule has 33 heavy (non-hydrogen) atoms. The predicted molar refractivity (Wildman–Crippen MR) is 125 cm³/mol. The Morgan fingerprint density at radius 2 is 1.70 bits per heavy atom. The lowest BCUT2D eigenvalue weighted by Gasteiger charge is -2.14. The number of nitrogens with one attached hydrogen (secondary N) is 1. The van der Waals surface area contributed by atoms with Gasteiger partial charge in [-0.05, 0) is 42.8 Å². The van der Waals surface area contributed by atoms with Gasteiger partial charge in [-0.25, -0.2) is 4.98 Å². The molecule has 0 bridgehead atoms. The summed E-state index contributed by atoms with van der Waals surface area (Å²) in [6, 6.07) is 14.3. The fourth-order valence-electron chi connectivity index (χ4n) is 3.49. The Balaban J connectivity index is 1.42. The second-order valence-corrected chi connectivity index (χ2v) is 7.34.